The van der Waals surface area contributed by atoms with Gasteiger partial charge in [-0.1, -0.05) is 38.5 Å². The molecule has 19 heavy (non-hydrogen) atoms. The zero-order valence-electron chi connectivity index (χ0n) is 11.4. The standard InChI is InChI=1S/C15H23N3S/c16-13(9-12-5-3-1-2-4-6-12)10-14-11-18-7-8-19-15(18)17-14/h7-8,11-13H,1-6,9-10,16H2. The van der Waals surface area contributed by atoms with Gasteiger partial charge in [0.2, 0.25) is 0 Å². The van der Waals surface area contributed by atoms with Crippen LogP contribution in [0.25, 0.3) is 4.96 Å². The Bertz CT molecular complexity index is 480. The highest BCUT2D eigenvalue weighted by atomic mass is 32.1. The molecule has 1 unspecified atom stereocenters. The second-order valence-corrected chi connectivity index (χ2v) is 6.76. The fourth-order valence-electron chi connectivity index (χ4n) is 3.25. The third kappa shape index (κ3) is 3.37. The van der Waals surface area contributed by atoms with E-state index in [9.17, 15) is 0 Å². The van der Waals surface area contributed by atoms with Crippen molar-refractivity contribution >= 4 is 16.3 Å². The molecule has 1 saturated carbocycles. The van der Waals surface area contributed by atoms with Gasteiger partial charge in [0.15, 0.2) is 4.96 Å². The molecule has 2 aromatic heterocycles. The SMILES string of the molecule is NC(Cc1cn2ccsc2n1)CC1CCCCCC1. The van der Waals surface area contributed by atoms with Crippen molar-refractivity contribution in [2.75, 3.05) is 0 Å². The molecule has 0 aliphatic heterocycles. The van der Waals surface area contributed by atoms with E-state index in [0.717, 1.165) is 23.0 Å². The molecule has 3 nitrogen and oxygen atoms in total. The first-order valence-corrected chi connectivity index (χ1v) is 8.36. The van der Waals surface area contributed by atoms with Crippen molar-refractivity contribution in [3.63, 3.8) is 0 Å². The Morgan fingerprint density at radius 3 is 2.84 bits per heavy atom. The van der Waals surface area contributed by atoms with Gasteiger partial charge in [-0.3, -0.25) is 4.40 Å². The van der Waals surface area contributed by atoms with Gasteiger partial charge in [0.1, 0.15) is 0 Å². The normalized spacial score (nSPS) is 19.6. The summed E-state index contributed by atoms with van der Waals surface area (Å²) >= 11 is 1.68. The first-order valence-electron chi connectivity index (χ1n) is 7.48. The maximum atomic E-state index is 6.33. The lowest BCUT2D eigenvalue weighted by molar-refractivity contribution is 0.386. The van der Waals surface area contributed by atoms with Crippen LogP contribution in [-0.2, 0) is 6.42 Å². The van der Waals surface area contributed by atoms with Gasteiger partial charge in [0.05, 0.1) is 5.69 Å². The molecule has 0 spiro atoms. The molecule has 0 bridgehead atoms. The van der Waals surface area contributed by atoms with Crippen LogP contribution in [0.1, 0.15) is 50.6 Å². The smallest absolute Gasteiger partial charge is 0.193 e. The zero-order chi connectivity index (χ0) is 13.1. The Kier molecular flexibility index (Phi) is 4.18. The fraction of sp³-hybridized carbons (Fsp3) is 0.667. The van der Waals surface area contributed by atoms with E-state index in [1.807, 2.05) is 0 Å². The maximum Gasteiger partial charge on any atom is 0.193 e. The van der Waals surface area contributed by atoms with Gasteiger partial charge < -0.3 is 5.73 Å². The molecule has 1 aliphatic rings. The van der Waals surface area contributed by atoms with Gasteiger partial charge in [-0.2, -0.15) is 0 Å². The van der Waals surface area contributed by atoms with Crippen LogP contribution in [0.4, 0.5) is 0 Å². The lowest BCUT2D eigenvalue weighted by atomic mass is 9.91. The molecular weight excluding hydrogens is 254 g/mol. The molecule has 0 amide bonds. The molecule has 0 radical (unpaired) electrons. The number of imidazole rings is 1. The average Bonchev–Trinajstić information content (AvgIpc) is 2.83. The van der Waals surface area contributed by atoms with Gasteiger partial charge in [0.25, 0.3) is 0 Å². The highest BCUT2D eigenvalue weighted by Gasteiger charge is 2.17. The van der Waals surface area contributed by atoms with Gasteiger partial charge in [-0.25, -0.2) is 4.98 Å². The lowest BCUT2D eigenvalue weighted by Gasteiger charge is -2.18. The number of hydrogen-bond acceptors (Lipinski definition) is 3. The van der Waals surface area contributed by atoms with Crippen LogP contribution in [0, 0.1) is 5.92 Å². The second-order valence-electron chi connectivity index (χ2n) is 5.88. The first-order chi connectivity index (χ1) is 9.31. The van der Waals surface area contributed by atoms with Crippen molar-refractivity contribution in [1.29, 1.82) is 0 Å². The Balaban J connectivity index is 1.55. The molecule has 2 N–H and O–H groups in total. The number of hydrogen-bond donors (Lipinski definition) is 1. The number of nitrogens with two attached hydrogens (primary N) is 1. The van der Waals surface area contributed by atoms with Gasteiger partial charge in [-0.05, 0) is 12.3 Å². The van der Waals surface area contributed by atoms with E-state index in [4.69, 9.17) is 5.73 Å². The minimum atomic E-state index is 0.271. The number of aromatic nitrogens is 2. The van der Waals surface area contributed by atoms with E-state index in [2.05, 4.69) is 27.2 Å². The summed E-state index contributed by atoms with van der Waals surface area (Å²) in [5.41, 5.74) is 7.48. The van der Waals surface area contributed by atoms with E-state index in [1.165, 1.54) is 44.9 Å². The molecule has 0 aromatic carbocycles. The predicted molar refractivity (Wildman–Crippen MR) is 80.6 cm³/mol. The predicted octanol–water partition coefficient (Wildman–Crippen LogP) is 3.63. The minimum absolute atomic E-state index is 0.271. The van der Waals surface area contributed by atoms with Gasteiger partial charge in [0, 0.05) is 30.2 Å². The third-order valence-electron chi connectivity index (χ3n) is 4.23. The summed E-state index contributed by atoms with van der Waals surface area (Å²) < 4.78 is 2.10. The van der Waals surface area contributed by atoms with E-state index >= 15 is 0 Å². The number of fused-ring (bicyclic) bond motifs is 1. The van der Waals surface area contributed by atoms with E-state index in [0.29, 0.717) is 0 Å². The molecule has 2 heterocycles. The Hall–Kier alpha value is -0.870. The van der Waals surface area contributed by atoms with Crippen LogP contribution in [0.5, 0.6) is 0 Å². The number of thiazole rings is 1. The monoisotopic (exact) mass is 277 g/mol. The van der Waals surface area contributed by atoms with Crippen LogP contribution in [-0.4, -0.2) is 15.4 Å². The topological polar surface area (TPSA) is 43.3 Å². The summed E-state index contributed by atoms with van der Waals surface area (Å²) in [5.74, 6) is 0.848. The van der Waals surface area contributed by atoms with Crippen LogP contribution in [0.3, 0.4) is 0 Å². The van der Waals surface area contributed by atoms with Crippen LogP contribution in [0.15, 0.2) is 17.8 Å². The van der Waals surface area contributed by atoms with Gasteiger partial charge >= 0.3 is 0 Å². The van der Waals surface area contributed by atoms with E-state index < -0.39 is 0 Å². The van der Waals surface area contributed by atoms with Crippen molar-refractivity contribution in [1.82, 2.24) is 9.38 Å². The quantitative estimate of drug-likeness (QED) is 0.867. The van der Waals surface area contributed by atoms with Crippen molar-refractivity contribution in [3.05, 3.63) is 23.5 Å². The average molecular weight is 277 g/mol. The van der Waals surface area contributed by atoms with Crippen LogP contribution < -0.4 is 5.73 Å². The summed E-state index contributed by atoms with van der Waals surface area (Å²) in [6.07, 6.45) is 14.7. The summed E-state index contributed by atoms with van der Waals surface area (Å²) in [7, 11) is 0. The van der Waals surface area contributed by atoms with Crippen LogP contribution >= 0.6 is 11.3 Å². The molecule has 2 aromatic rings. The van der Waals surface area contributed by atoms with E-state index in [1.54, 1.807) is 11.3 Å². The number of rotatable bonds is 4. The first kappa shape index (κ1) is 13.1. The highest BCUT2D eigenvalue weighted by Crippen LogP contribution is 2.26. The summed E-state index contributed by atoms with van der Waals surface area (Å²) in [4.78, 5) is 5.71. The largest absolute Gasteiger partial charge is 0.327 e. The Morgan fingerprint density at radius 2 is 2.11 bits per heavy atom. The summed E-state index contributed by atoms with van der Waals surface area (Å²) in [6, 6.07) is 0.271. The maximum absolute atomic E-state index is 6.33. The molecule has 1 atom stereocenters. The molecule has 1 fully saturated rings. The highest BCUT2D eigenvalue weighted by molar-refractivity contribution is 7.15. The number of nitrogens with zero attached hydrogens (tertiary/aromatic N) is 2. The Morgan fingerprint density at radius 1 is 1.32 bits per heavy atom. The van der Waals surface area contributed by atoms with Crippen molar-refractivity contribution < 1.29 is 0 Å². The molecule has 104 valence electrons. The van der Waals surface area contributed by atoms with E-state index in [-0.39, 0.29) is 6.04 Å². The van der Waals surface area contributed by atoms with Gasteiger partial charge in [-0.15, -0.1) is 11.3 Å². The summed E-state index contributed by atoms with van der Waals surface area (Å²) in [5, 5.41) is 2.07. The van der Waals surface area contributed by atoms with Crippen molar-refractivity contribution in [2.24, 2.45) is 11.7 Å². The molecular formula is C15H23N3S. The molecule has 3 rings (SSSR count). The second kappa shape index (κ2) is 6.06. The van der Waals surface area contributed by atoms with Crippen LogP contribution in [0.2, 0.25) is 0 Å². The lowest BCUT2D eigenvalue weighted by Crippen LogP contribution is -2.26. The summed E-state index contributed by atoms with van der Waals surface area (Å²) in [6.45, 7) is 0. The Labute approximate surface area is 118 Å². The van der Waals surface area contributed by atoms with Crippen molar-refractivity contribution in [3.8, 4) is 0 Å². The fourth-order valence-corrected chi connectivity index (χ4v) is 3.97. The molecule has 4 heteroatoms. The van der Waals surface area contributed by atoms with Crippen molar-refractivity contribution in [2.45, 2.75) is 57.4 Å². The molecule has 1 aliphatic carbocycles. The minimum Gasteiger partial charge on any atom is -0.327 e. The zero-order valence-corrected chi connectivity index (χ0v) is 12.2. The molecule has 0 saturated heterocycles. The third-order valence-corrected chi connectivity index (χ3v) is 5.00.